The number of hydrogen-bond acceptors (Lipinski definition) is 4. The quantitative estimate of drug-likeness (QED) is 0.810. The Morgan fingerprint density at radius 1 is 1.10 bits per heavy atom. The van der Waals surface area contributed by atoms with Crippen molar-refractivity contribution < 1.29 is 10.2 Å². The van der Waals surface area contributed by atoms with Gasteiger partial charge in [-0.25, -0.2) is 0 Å². The minimum atomic E-state index is 0.212. The summed E-state index contributed by atoms with van der Waals surface area (Å²) in [5.41, 5.74) is 2.61. The van der Waals surface area contributed by atoms with E-state index in [1.165, 1.54) is 11.1 Å². The molecule has 1 aromatic carbocycles. The highest BCUT2D eigenvalue weighted by Crippen LogP contribution is 2.16. The first-order valence-electron chi connectivity index (χ1n) is 7.46. The molecule has 1 atom stereocenters. The van der Waals surface area contributed by atoms with Gasteiger partial charge in [0.15, 0.2) is 0 Å². The van der Waals surface area contributed by atoms with Gasteiger partial charge < -0.3 is 10.2 Å². The van der Waals surface area contributed by atoms with E-state index >= 15 is 0 Å². The van der Waals surface area contributed by atoms with Crippen LogP contribution in [0.15, 0.2) is 24.3 Å². The summed E-state index contributed by atoms with van der Waals surface area (Å²) in [4.78, 5) is 4.74. The lowest BCUT2D eigenvalue weighted by Gasteiger charge is -2.41. The number of piperazine rings is 1. The molecule has 4 heteroatoms. The van der Waals surface area contributed by atoms with Gasteiger partial charge in [0.05, 0.1) is 6.61 Å². The van der Waals surface area contributed by atoms with E-state index in [9.17, 15) is 5.11 Å². The van der Waals surface area contributed by atoms with Gasteiger partial charge in [-0.3, -0.25) is 9.80 Å². The Bertz CT molecular complexity index is 394. The molecule has 1 heterocycles. The van der Waals surface area contributed by atoms with Crippen LogP contribution in [-0.2, 0) is 6.54 Å². The van der Waals surface area contributed by atoms with Crippen LogP contribution in [0.5, 0.6) is 0 Å². The first kappa shape index (κ1) is 15.4. The van der Waals surface area contributed by atoms with Gasteiger partial charge in [-0.1, -0.05) is 29.8 Å². The van der Waals surface area contributed by atoms with Crippen molar-refractivity contribution in [2.24, 2.45) is 0 Å². The average Bonchev–Trinajstić information content (AvgIpc) is 2.45. The molecular formula is C16H26N2O2. The molecule has 1 saturated heterocycles. The van der Waals surface area contributed by atoms with Crippen molar-refractivity contribution in [1.82, 2.24) is 9.80 Å². The molecule has 0 spiro atoms. The van der Waals surface area contributed by atoms with E-state index in [2.05, 4.69) is 41.0 Å². The molecule has 1 aliphatic heterocycles. The van der Waals surface area contributed by atoms with Gasteiger partial charge in [-0.15, -0.1) is 0 Å². The van der Waals surface area contributed by atoms with E-state index in [0.717, 1.165) is 39.1 Å². The molecule has 2 rings (SSSR count). The maximum atomic E-state index is 9.26. The van der Waals surface area contributed by atoms with Gasteiger partial charge in [0.25, 0.3) is 0 Å². The fourth-order valence-electron chi connectivity index (χ4n) is 2.86. The summed E-state index contributed by atoms with van der Waals surface area (Å²) in [5, 5.41) is 18.3. The minimum absolute atomic E-state index is 0.212. The van der Waals surface area contributed by atoms with E-state index in [0.29, 0.717) is 6.04 Å². The molecule has 0 aliphatic carbocycles. The van der Waals surface area contributed by atoms with Crippen LogP contribution in [0, 0.1) is 6.92 Å². The number of nitrogens with zero attached hydrogens (tertiary/aromatic N) is 2. The summed E-state index contributed by atoms with van der Waals surface area (Å²) in [7, 11) is 0. The predicted octanol–water partition coefficient (Wildman–Crippen LogP) is 0.856. The Morgan fingerprint density at radius 2 is 1.85 bits per heavy atom. The Hall–Kier alpha value is -0.940. The highest BCUT2D eigenvalue weighted by atomic mass is 16.3. The smallest absolute Gasteiger partial charge is 0.0558 e. The Kier molecular flexibility index (Phi) is 5.98. The lowest BCUT2D eigenvalue weighted by Crippen LogP contribution is -2.53. The van der Waals surface area contributed by atoms with Gasteiger partial charge in [-0.05, 0) is 18.9 Å². The minimum Gasteiger partial charge on any atom is -0.396 e. The standard InChI is InChI=1S/C16H26N2O2/c1-14-2-4-15(5-3-14)12-18-8-7-17(9-11-20)13-16(18)6-10-19/h2-5,16,19-20H,6-13H2,1H3. The topological polar surface area (TPSA) is 46.9 Å². The van der Waals surface area contributed by atoms with Crippen molar-refractivity contribution in [1.29, 1.82) is 0 Å². The molecule has 1 aromatic rings. The predicted molar refractivity (Wildman–Crippen MR) is 80.6 cm³/mol. The van der Waals surface area contributed by atoms with Crippen LogP contribution in [-0.4, -0.2) is 65.4 Å². The SMILES string of the molecule is Cc1ccc(CN2CCN(CCO)CC2CCO)cc1. The maximum absolute atomic E-state index is 9.26. The number of β-amino-alcohol motifs (C(OH)–C–C–N with tert-alkyl or cyclic N) is 1. The molecular weight excluding hydrogens is 252 g/mol. The number of benzene rings is 1. The van der Waals surface area contributed by atoms with Crippen LogP contribution < -0.4 is 0 Å². The maximum Gasteiger partial charge on any atom is 0.0558 e. The Balaban J connectivity index is 1.96. The molecule has 4 nitrogen and oxygen atoms in total. The Labute approximate surface area is 121 Å². The molecule has 1 aliphatic rings. The van der Waals surface area contributed by atoms with E-state index in [-0.39, 0.29) is 13.2 Å². The monoisotopic (exact) mass is 278 g/mol. The molecule has 0 amide bonds. The van der Waals surface area contributed by atoms with E-state index in [4.69, 9.17) is 5.11 Å². The zero-order valence-electron chi connectivity index (χ0n) is 12.3. The van der Waals surface area contributed by atoms with Crippen molar-refractivity contribution >= 4 is 0 Å². The molecule has 0 radical (unpaired) electrons. The van der Waals surface area contributed by atoms with Crippen LogP contribution in [0.1, 0.15) is 17.5 Å². The summed E-state index contributed by atoms with van der Waals surface area (Å²) >= 11 is 0. The van der Waals surface area contributed by atoms with Crippen molar-refractivity contribution in [3.8, 4) is 0 Å². The van der Waals surface area contributed by atoms with Crippen molar-refractivity contribution in [2.75, 3.05) is 39.4 Å². The van der Waals surface area contributed by atoms with Crippen LogP contribution in [0.4, 0.5) is 0 Å². The summed E-state index contributed by atoms with van der Waals surface area (Å²) in [6.45, 7) is 7.15. The highest BCUT2D eigenvalue weighted by Gasteiger charge is 2.26. The second-order valence-electron chi connectivity index (χ2n) is 5.65. The molecule has 0 bridgehead atoms. The first-order chi connectivity index (χ1) is 9.72. The van der Waals surface area contributed by atoms with Gasteiger partial charge >= 0.3 is 0 Å². The third-order valence-electron chi connectivity index (χ3n) is 4.07. The molecule has 112 valence electrons. The highest BCUT2D eigenvalue weighted by molar-refractivity contribution is 5.21. The van der Waals surface area contributed by atoms with Crippen molar-refractivity contribution in [2.45, 2.75) is 25.9 Å². The lowest BCUT2D eigenvalue weighted by atomic mass is 10.1. The molecule has 1 fully saturated rings. The van der Waals surface area contributed by atoms with Crippen molar-refractivity contribution in [3.63, 3.8) is 0 Å². The van der Waals surface area contributed by atoms with Crippen LogP contribution in [0.3, 0.4) is 0 Å². The van der Waals surface area contributed by atoms with Gasteiger partial charge in [0.2, 0.25) is 0 Å². The van der Waals surface area contributed by atoms with Crippen molar-refractivity contribution in [3.05, 3.63) is 35.4 Å². The molecule has 0 aromatic heterocycles. The summed E-state index contributed by atoms with van der Waals surface area (Å²) < 4.78 is 0. The lowest BCUT2D eigenvalue weighted by molar-refractivity contribution is 0.0455. The van der Waals surface area contributed by atoms with E-state index in [1.54, 1.807) is 0 Å². The summed E-state index contributed by atoms with van der Waals surface area (Å²) in [6, 6.07) is 9.05. The number of aliphatic hydroxyl groups is 2. The molecule has 1 unspecified atom stereocenters. The van der Waals surface area contributed by atoms with Gasteiger partial charge in [0.1, 0.15) is 0 Å². The zero-order valence-corrected chi connectivity index (χ0v) is 12.3. The molecule has 2 N–H and O–H groups in total. The Morgan fingerprint density at radius 3 is 2.50 bits per heavy atom. The third-order valence-corrected chi connectivity index (χ3v) is 4.07. The third kappa shape index (κ3) is 4.28. The van der Waals surface area contributed by atoms with E-state index < -0.39 is 0 Å². The number of aliphatic hydroxyl groups excluding tert-OH is 2. The second-order valence-corrected chi connectivity index (χ2v) is 5.65. The first-order valence-corrected chi connectivity index (χ1v) is 7.46. The van der Waals surface area contributed by atoms with Crippen LogP contribution in [0.25, 0.3) is 0 Å². The van der Waals surface area contributed by atoms with E-state index in [1.807, 2.05) is 0 Å². The normalized spacial score (nSPS) is 21.2. The largest absolute Gasteiger partial charge is 0.396 e. The average molecular weight is 278 g/mol. The summed E-state index contributed by atoms with van der Waals surface area (Å²) in [5.74, 6) is 0. The number of aryl methyl sites for hydroxylation is 1. The van der Waals surface area contributed by atoms with Gasteiger partial charge in [0, 0.05) is 45.4 Å². The van der Waals surface area contributed by atoms with Crippen LogP contribution >= 0.6 is 0 Å². The van der Waals surface area contributed by atoms with Crippen LogP contribution in [0.2, 0.25) is 0 Å². The second kappa shape index (κ2) is 7.74. The zero-order chi connectivity index (χ0) is 14.4. The fourth-order valence-corrected chi connectivity index (χ4v) is 2.86. The fraction of sp³-hybridized carbons (Fsp3) is 0.625. The molecule has 20 heavy (non-hydrogen) atoms. The molecule has 0 saturated carbocycles. The number of hydrogen-bond donors (Lipinski definition) is 2. The summed E-state index contributed by atoms with van der Waals surface area (Å²) in [6.07, 6.45) is 0.799. The number of rotatable bonds is 6. The van der Waals surface area contributed by atoms with Gasteiger partial charge in [-0.2, -0.15) is 0 Å².